The molecule has 0 radical (unpaired) electrons. The van der Waals surface area contributed by atoms with Crippen molar-refractivity contribution in [2.45, 2.75) is 66.6 Å². The van der Waals surface area contributed by atoms with Crippen molar-refractivity contribution in [1.29, 1.82) is 0 Å². The van der Waals surface area contributed by atoms with Gasteiger partial charge in [0.1, 0.15) is 11.2 Å². The van der Waals surface area contributed by atoms with Crippen molar-refractivity contribution < 1.29 is 58.5 Å². The SMILES string of the molecule is C=C(C(=O)OC)C(C)CN(C)C(=O)OC(C)(C)C.COC(=O)C(=O)C(C)CN(C)C(=O)OC(C)(C)C.OOO. The summed E-state index contributed by atoms with van der Waals surface area (Å²) in [6.45, 7) is 18.1. The third kappa shape index (κ3) is 20.4. The summed E-state index contributed by atoms with van der Waals surface area (Å²) in [6.07, 6.45) is -0.959. The smallest absolute Gasteiger partial charge is 0.410 e. The molecule has 2 atom stereocenters. The first-order valence-electron chi connectivity index (χ1n) is 11.8. The summed E-state index contributed by atoms with van der Waals surface area (Å²) >= 11 is 0. The summed E-state index contributed by atoms with van der Waals surface area (Å²) in [5.74, 6) is -2.84. The number of carbonyl (C=O) groups is 5. The molecule has 0 aliphatic rings. The van der Waals surface area contributed by atoms with Gasteiger partial charge in [0.15, 0.2) is 0 Å². The summed E-state index contributed by atoms with van der Waals surface area (Å²) < 4.78 is 19.2. The summed E-state index contributed by atoms with van der Waals surface area (Å²) in [5.41, 5.74) is -0.789. The van der Waals surface area contributed by atoms with E-state index in [9.17, 15) is 24.0 Å². The van der Waals surface area contributed by atoms with Gasteiger partial charge in [-0.3, -0.25) is 4.79 Å². The van der Waals surface area contributed by atoms with Gasteiger partial charge in [-0.05, 0) is 41.5 Å². The predicted octanol–water partition coefficient (Wildman–Crippen LogP) is 3.40. The zero-order valence-electron chi connectivity index (χ0n) is 25.1. The van der Waals surface area contributed by atoms with E-state index in [1.54, 1.807) is 62.4 Å². The number of esters is 2. The lowest BCUT2D eigenvalue weighted by atomic mass is 10.0. The van der Waals surface area contributed by atoms with E-state index in [0.29, 0.717) is 12.1 Å². The Labute approximate surface area is 230 Å². The molecule has 0 rings (SSSR count). The van der Waals surface area contributed by atoms with Crippen LogP contribution in [0.4, 0.5) is 9.59 Å². The van der Waals surface area contributed by atoms with Crippen LogP contribution in [-0.4, -0.2) is 103 Å². The highest BCUT2D eigenvalue weighted by atomic mass is 17.4. The fourth-order valence-corrected chi connectivity index (χ4v) is 2.48. The maximum atomic E-state index is 11.7. The van der Waals surface area contributed by atoms with Gasteiger partial charge in [-0.1, -0.05) is 25.5 Å². The lowest BCUT2D eigenvalue weighted by molar-refractivity contribution is -0.465. The lowest BCUT2D eigenvalue weighted by Gasteiger charge is -2.26. The second-order valence-corrected chi connectivity index (χ2v) is 10.5. The molecule has 2 amide bonds. The van der Waals surface area contributed by atoms with Crippen LogP contribution in [0.25, 0.3) is 0 Å². The van der Waals surface area contributed by atoms with E-state index in [-0.39, 0.29) is 12.5 Å². The first kappa shape index (κ1) is 40.3. The minimum atomic E-state index is -0.903. The van der Waals surface area contributed by atoms with Crippen LogP contribution in [0.2, 0.25) is 0 Å². The number of methoxy groups -OCH3 is 2. The number of nitrogens with zero attached hydrogens (tertiary/aromatic N) is 2. The van der Waals surface area contributed by atoms with Crippen molar-refractivity contribution in [3.05, 3.63) is 12.2 Å². The van der Waals surface area contributed by atoms with Gasteiger partial charge >= 0.3 is 24.1 Å². The highest BCUT2D eigenvalue weighted by Gasteiger charge is 2.27. The first-order valence-corrected chi connectivity index (χ1v) is 11.8. The quantitative estimate of drug-likeness (QED) is 0.109. The largest absolute Gasteiger partial charge is 0.466 e. The monoisotopic (exact) mass is 566 g/mol. The maximum absolute atomic E-state index is 11.7. The Bertz CT molecular complexity index is 749. The van der Waals surface area contributed by atoms with Crippen LogP contribution in [0.3, 0.4) is 0 Å². The minimum Gasteiger partial charge on any atom is -0.466 e. The molecular formula is C25H46N2O12. The molecule has 0 aromatic rings. The molecule has 39 heavy (non-hydrogen) atoms. The number of ketones is 1. The van der Waals surface area contributed by atoms with Crippen LogP contribution in [0, 0.1) is 11.8 Å². The molecule has 2 N–H and O–H groups in total. The van der Waals surface area contributed by atoms with E-state index in [2.05, 4.69) is 21.1 Å². The molecule has 0 spiro atoms. The third-order valence-electron chi connectivity index (χ3n) is 4.38. The fourth-order valence-electron chi connectivity index (χ4n) is 2.48. The zero-order valence-corrected chi connectivity index (χ0v) is 25.1. The highest BCUT2D eigenvalue weighted by Crippen LogP contribution is 2.14. The molecule has 0 aromatic heterocycles. The number of rotatable bonds is 8. The van der Waals surface area contributed by atoms with Crippen LogP contribution >= 0.6 is 0 Å². The van der Waals surface area contributed by atoms with Gasteiger partial charge in [0.2, 0.25) is 5.78 Å². The number of ether oxygens (including phenoxy) is 4. The lowest BCUT2D eigenvalue weighted by Crippen LogP contribution is -2.39. The fraction of sp³-hybridized carbons (Fsp3) is 0.720. The molecule has 228 valence electrons. The summed E-state index contributed by atoms with van der Waals surface area (Å²) in [6, 6.07) is 0. The van der Waals surface area contributed by atoms with E-state index in [1.165, 1.54) is 24.0 Å². The van der Waals surface area contributed by atoms with Gasteiger partial charge in [-0.15, -0.1) is 0 Å². The molecule has 0 saturated carbocycles. The van der Waals surface area contributed by atoms with Crippen LogP contribution in [0.5, 0.6) is 0 Å². The van der Waals surface area contributed by atoms with Crippen molar-refractivity contribution >= 4 is 29.9 Å². The second-order valence-electron chi connectivity index (χ2n) is 10.5. The van der Waals surface area contributed by atoms with E-state index >= 15 is 0 Å². The number of carbonyl (C=O) groups excluding carboxylic acids is 5. The third-order valence-corrected chi connectivity index (χ3v) is 4.38. The predicted molar refractivity (Wildman–Crippen MR) is 141 cm³/mol. The van der Waals surface area contributed by atoms with Gasteiger partial charge in [0.25, 0.3) is 0 Å². The molecule has 2 unspecified atom stereocenters. The molecule has 0 aromatic carbocycles. The average molecular weight is 567 g/mol. The van der Waals surface area contributed by atoms with E-state index in [4.69, 9.17) is 20.0 Å². The number of hydrogen-bond acceptors (Lipinski definition) is 12. The topological polar surface area (TPSA) is 178 Å². The van der Waals surface area contributed by atoms with Gasteiger partial charge in [-0.25, -0.2) is 29.7 Å². The Hall–Kier alpha value is -3.23. The summed E-state index contributed by atoms with van der Waals surface area (Å²) in [4.78, 5) is 59.8. The van der Waals surface area contributed by atoms with Gasteiger partial charge in [0.05, 0.1) is 14.2 Å². The van der Waals surface area contributed by atoms with Gasteiger partial charge in [0, 0.05) is 44.6 Å². The molecule has 0 fully saturated rings. The Kier molecular flexibility index (Phi) is 19.5. The Morgan fingerprint density at radius 2 is 1.03 bits per heavy atom. The number of hydrogen-bond donors (Lipinski definition) is 2. The molecule has 0 aliphatic heterocycles. The van der Waals surface area contributed by atoms with Crippen molar-refractivity contribution in [2.75, 3.05) is 41.4 Å². The van der Waals surface area contributed by atoms with E-state index < -0.39 is 47.0 Å². The average Bonchev–Trinajstić information content (AvgIpc) is 2.80. The van der Waals surface area contributed by atoms with Crippen LogP contribution in [0.1, 0.15) is 55.4 Å². The normalized spacial score (nSPS) is 12.1. The molecular weight excluding hydrogens is 520 g/mol. The Balaban J connectivity index is -0.000000603. The zero-order chi connectivity index (χ0) is 31.7. The van der Waals surface area contributed by atoms with Crippen LogP contribution in [0.15, 0.2) is 12.2 Å². The van der Waals surface area contributed by atoms with Crippen molar-refractivity contribution in [3.8, 4) is 0 Å². The summed E-state index contributed by atoms with van der Waals surface area (Å²) in [7, 11) is 5.58. The maximum Gasteiger partial charge on any atom is 0.410 e. The Morgan fingerprint density at radius 3 is 1.31 bits per heavy atom. The summed E-state index contributed by atoms with van der Waals surface area (Å²) in [5, 5.41) is 15.5. The molecule has 14 heteroatoms. The second kappa shape index (κ2) is 18.9. The van der Waals surface area contributed by atoms with Gasteiger partial charge in [-0.2, -0.15) is 0 Å². The number of amides is 2. The van der Waals surface area contributed by atoms with Crippen LogP contribution < -0.4 is 0 Å². The van der Waals surface area contributed by atoms with Gasteiger partial charge < -0.3 is 28.7 Å². The minimum absolute atomic E-state index is 0.100. The molecule has 0 heterocycles. The van der Waals surface area contributed by atoms with Crippen molar-refractivity contribution in [2.24, 2.45) is 11.8 Å². The highest BCUT2D eigenvalue weighted by molar-refractivity contribution is 6.34. The number of Topliss-reactive ketones (excluding diaryl/α,β-unsaturated/α-hetero) is 1. The molecule has 14 nitrogen and oxygen atoms in total. The van der Waals surface area contributed by atoms with Crippen molar-refractivity contribution in [1.82, 2.24) is 9.80 Å². The molecule has 0 aliphatic carbocycles. The van der Waals surface area contributed by atoms with E-state index in [0.717, 1.165) is 7.11 Å². The first-order chi connectivity index (χ1) is 17.6. The Morgan fingerprint density at radius 1 is 0.718 bits per heavy atom. The molecule has 0 saturated heterocycles. The van der Waals surface area contributed by atoms with Crippen molar-refractivity contribution in [3.63, 3.8) is 0 Å². The standard InChI is InChI=1S/C13H23NO4.C12H21NO5.H2O3/c1-9(10(2)11(15)17-7)8-14(6)12(16)18-13(3,4)5;1-8(9(14)10(15)17-6)7-13(5)11(16)18-12(2,3)4;1-3-2/h9H,2,8H2,1,3-7H3;8H,7H2,1-6H3;1-2H. The van der Waals surface area contributed by atoms with E-state index in [1.807, 2.05) is 0 Å². The molecule has 0 bridgehead atoms. The van der Waals surface area contributed by atoms with Crippen LogP contribution in [-0.2, 0) is 38.4 Å².